The van der Waals surface area contributed by atoms with E-state index in [4.69, 9.17) is 9.15 Å². The number of furan rings is 1. The molecule has 4 nitrogen and oxygen atoms in total. The van der Waals surface area contributed by atoms with Crippen LogP contribution in [0.3, 0.4) is 0 Å². The standard InChI is InChI=1S/C15H16O4/c1-3-4-7-18-15(17)14(16)11-5-6-13-12(9-11)8-10(2)19-13/h5-6,8-9H,3-4,7H2,1-2H3. The Bertz CT molecular complexity index is 610. The van der Waals surface area contributed by atoms with Gasteiger partial charge in [0.25, 0.3) is 5.78 Å². The average Bonchev–Trinajstić information content (AvgIpc) is 2.77. The van der Waals surface area contributed by atoms with Gasteiger partial charge in [0.15, 0.2) is 0 Å². The average molecular weight is 260 g/mol. The van der Waals surface area contributed by atoms with Crippen LogP contribution in [0, 0.1) is 6.92 Å². The lowest BCUT2D eigenvalue weighted by molar-refractivity contribution is -0.138. The SMILES string of the molecule is CCCCOC(=O)C(=O)c1ccc2oc(C)cc2c1. The van der Waals surface area contributed by atoms with Gasteiger partial charge in [-0.15, -0.1) is 0 Å². The number of Topliss-reactive ketones (excluding diaryl/α,β-unsaturated/α-hetero) is 1. The molecule has 0 fully saturated rings. The molecule has 2 aromatic rings. The smallest absolute Gasteiger partial charge is 0.379 e. The summed E-state index contributed by atoms with van der Waals surface area (Å²) in [5.41, 5.74) is 1.03. The number of aryl methyl sites for hydroxylation is 1. The van der Waals surface area contributed by atoms with E-state index in [-0.39, 0.29) is 6.61 Å². The zero-order valence-corrected chi connectivity index (χ0v) is 11.1. The summed E-state index contributed by atoms with van der Waals surface area (Å²) in [4.78, 5) is 23.4. The molecule has 0 aliphatic carbocycles. The number of hydrogen-bond acceptors (Lipinski definition) is 4. The molecular weight excluding hydrogens is 244 g/mol. The normalized spacial score (nSPS) is 10.6. The number of ketones is 1. The molecule has 19 heavy (non-hydrogen) atoms. The molecule has 2 rings (SSSR count). The predicted molar refractivity (Wildman–Crippen MR) is 71.1 cm³/mol. The van der Waals surface area contributed by atoms with Crippen LogP contribution >= 0.6 is 0 Å². The number of unbranched alkanes of at least 4 members (excludes halogenated alkanes) is 1. The fraction of sp³-hybridized carbons (Fsp3) is 0.333. The van der Waals surface area contributed by atoms with Crippen LogP contribution in [-0.4, -0.2) is 18.4 Å². The van der Waals surface area contributed by atoms with Crippen LogP contribution in [0.2, 0.25) is 0 Å². The first-order valence-electron chi connectivity index (χ1n) is 6.33. The van der Waals surface area contributed by atoms with Gasteiger partial charge >= 0.3 is 5.97 Å². The molecule has 4 heteroatoms. The first-order valence-corrected chi connectivity index (χ1v) is 6.33. The molecule has 0 radical (unpaired) electrons. The van der Waals surface area contributed by atoms with Gasteiger partial charge in [0.1, 0.15) is 11.3 Å². The second-order valence-corrected chi connectivity index (χ2v) is 4.43. The van der Waals surface area contributed by atoms with Gasteiger partial charge in [-0.1, -0.05) is 13.3 Å². The maximum absolute atomic E-state index is 11.9. The Hall–Kier alpha value is -2.10. The van der Waals surface area contributed by atoms with Gasteiger partial charge in [-0.05, 0) is 37.6 Å². The van der Waals surface area contributed by atoms with Crippen LogP contribution in [0.25, 0.3) is 11.0 Å². The molecule has 0 saturated carbocycles. The van der Waals surface area contributed by atoms with Crippen LogP contribution in [-0.2, 0) is 9.53 Å². The van der Waals surface area contributed by atoms with Crippen LogP contribution in [0.5, 0.6) is 0 Å². The highest BCUT2D eigenvalue weighted by atomic mass is 16.5. The third-order valence-corrected chi connectivity index (χ3v) is 2.82. The van der Waals surface area contributed by atoms with E-state index in [1.807, 2.05) is 19.9 Å². The number of carbonyl (C=O) groups is 2. The number of ether oxygens (including phenoxy) is 1. The van der Waals surface area contributed by atoms with Gasteiger partial charge in [-0.25, -0.2) is 4.79 Å². The Morgan fingerprint density at radius 1 is 1.26 bits per heavy atom. The van der Waals surface area contributed by atoms with E-state index in [0.29, 0.717) is 11.1 Å². The van der Waals surface area contributed by atoms with Crippen molar-refractivity contribution >= 4 is 22.7 Å². The van der Waals surface area contributed by atoms with E-state index in [9.17, 15) is 9.59 Å². The van der Waals surface area contributed by atoms with E-state index in [1.165, 1.54) is 0 Å². The first-order chi connectivity index (χ1) is 9.11. The third kappa shape index (κ3) is 3.02. The lowest BCUT2D eigenvalue weighted by atomic mass is 10.1. The van der Waals surface area contributed by atoms with Crippen molar-refractivity contribution in [3.8, 4) is 0 Å². The van der Waals surface area contributed by atoms with Crippen molar-refractivity contribution in [2.75, 3.05) is 6.61 Å². The molecule has 0 aliphatic rings. The minimum atomic E-state index is -0.798. The van der Waals surface area contributed by atoms with Crippen molar-refractivity contribution in [2.24, 2.45) is 0 Å². The van der Waals surface area contributed by atoms with Gasteiger partial charge in [-0.3, -0.25) is 4.79 Å². The highest BCUT2D eigenvalue weighted by molar-refractivity contribution is 6.40. The maximum atomic E-state index is 11.9. The van der Waals surface area contributed by atoms with Crippen LogP contribution in [0.1, 0.15) is 35.9 Å². The Morgan fingerprint density at radius 3 is 2.79 bits per heavy atom. The molecular formula is C15H16O4. The van der Waals surface area contributed by atoms with Gasteiger partial charge in [0.2, 0.25) is 0 Å². The molecule has 0 unspecified atom stereocenters. The molecule has 0 saturated heterocycles. The van der Waals surface area contributed by atoms with Crippen molar-refractivity contribution in [3.05, 3.63) is 35.6 Å². The minimum absolute atomic E-state index is 0.286. The monoisotopic (exact) mass is 260 g/mol. The Kier molecular flexibility index (Phi) is 4.00. The van der Waals surface area contributed by atoms with E-state index in [2.05, 4.69) is 0 Å². The van der Waals surface area contributed by atoms with Crippen molar-refractivity contribution in [3.63, 3.8) is 0 Å². The number of carbonyl (C=O) groups excluding carboxylic acids is 2. The van der Waals surface area contributed by atoms with Gasteiger partial charge in [0.05, 0.1) is 6.61 Å². The highest BCUT2D eigenvalue weighted by Crippen LogP contribution is 2.20. The van der Waals surface area contributed by atoms with Gasteiger partial charge in [0, 0.05) is 10.9 Å². The van der Waals surface area contributed by atoms with Crippen molar-refractivity contribution < 1.29 is 18.7 Å². The van der Waals surface area contributed by atoms with Gasteiger partial charge in [-0.2, -0.15) is 0 Å². The lowest BCUT2D eigenvalue weighted by Crippen LogP contribution is -2.18. The molecule has 0 amide bonds. The van der Waals surface area contributed by atoms with Crippen LogP contribution < -0.4 is 0 Å². The molecule has 100 valence electrons. The van der Waals surface area contributed by atoms with Crippen molar-refractivity contribution in [2.45, 2.75) is 26.7 Å². The van der Waals surface area contributed by atoms with Crippen LogP contribution in [0.15, 0.2) is 28.7 Å². The Labute approximate surface area is 111 Å². The molecule has 1 heterocycles. The molecule has 0 spiro atoms. The topological polar surface area (TPSA) is 56.5 Å². The summed E-state index contributed by atoms with van der Waals surface area (Å²) < 4.78 is 10.3. The summed E-state index contributed by atoms with van der Waals surface area (Å²) in [6, 6.07) is 6.74. The summed E-state index contributed by atoms with van der Waals surface area (Å²) in [6.07, 6.45) is 1.68. The number of rotatable bonds is 5. The Morgan fingerprint density at radius 2 is 2.05 bits per heavy atom. The molecule has 0 N–H and O–H groups in total. The fourth-order valence-corrected chi connectivity index (χ4v) is 1.81. The summed E-state index contributed by atoms with van der Waals surface area (Å²) in [7, 11) is 0. The number of esters is 1. The summed E-state index contributed by atoms with van der Waals surface area (Å²) in [5, 5.41) is 0.810. The first kappa shape index (κ1) is 13.3. The van der Waals surface area contributed by atoms with Crippen LogP contribution in [0.4, 0.5) is 0 Å². The second kappa shape index (κ2) is 5.69. The van der Waals surface area contributed by atoms with Gasteiger partial charge < -0.3 is 9.15 Å². The molecule has 0 bridgehead atoms. The number of fused-ring (bicyclic) bond motifs is 1. The predicted octanol–water partition coefficient (Wildman–Crippen LogP) is 3.27. The number of hydrogen-bond donors (Lipinski definition) is 0. The maximum Gasteiger partial charge on any atom is 0.379 e. The largest absolute Gasteiger partial charge is 0.461 e. The fourth-order valence-electron chi connectivity index (χ4n) is 1.81. The van der Waals surface area contributed by atoms with E-state index in [1.54, 1.807) is 18.2 Å². The Balaban J connectivity index is 2.14. The van der Waals surface area contributed by atoms with Crippen molar-refractivity contribution in [1.82, 2.24) is 0 Å². The minimum Gasteiger partial charge on any atom is -0.461 e. The quantitative estimate of drug-likeness (QED) is 0.358. The summed E-state index contributed by atoms with van der Waals surface area (Å²) in [5.74, 6) is -0.644. The third-order valence-electron chi connectivity index (χ3n) is 2.82. The second-order valence-electron chi connectivity index (χ2n) is 4.43. The summed E-state index contributed by atoms with van der Waals surface area (Å²) >= 11 is 0. The highest BCUT2D eigenvalue weighted by Gasteiger charge is 2.18. The molecule has 1 aromatic carbocycles. The van der Waals surface area contributed by atoms with Crippen molar-refractivity contribution in [1.29, 1.82) is 0 Å². The van der Waals surface area contributed by atoms with E-state index < -0.39 is 11.8 Å². The summed E-state index contributed by atoms with van der Waals surface area (Å²) in [6.45, 7) is 4.11. The van der Waals surface area contributed by atoms with E-state index in [0.717, 1.165) is 24.0 Å². The number of benzene rings is 1. The molecule has 0 aliphatic heterocycles. The zero-order valence-electron chi connectivity index (χ0n) is 11.1. The molecule has 0 atom stereocenters. The van der Waals surface area contributed by atoms with E-state index >= 15 is 0 Å². The lowest BCUT2D eigenvalue weighted by Gasteiger charge is -2.02. The zero-order chi connectivity index (χ0) is 13.8. The molecule has 1 aromatic heterocycles.